The Morgan fingerprint density at radius 1 is 1.12 bits per heavy atom. The topological polar surface area (TPSA) is 66.5 Å². The van der Waals surface area contributed by atoms with Gasteiger partial charge in [-0.25, -0.2) is 0 Å². The van der Waals surface area contributed by atoms with Gasteiger partial charge in [0, 0.05) is 35.5 Å². The number of rotatable bonds is 4. The van der Waals surface area contributed by atoms with E-state index in [1.54, 1.807) is 31.2 Å². The summed E-state index contributed by atoms with van der Waals surface area (Å²) < 4.78 is 0. The molecular weight excluding hydrogens is 304 g/mol. The van der Waals surface area contributed by atoms with Crippen LogP contribution in [0.5, 0.6) is 0 Å². The highest BCUT2D eigenvalue weighted by Gasteiger charge is 2.22. The van der Waals surface area contributed by atoms with Gasteiger partial charge in [-0.1, -0.05) is 0 Å². The summed E-state index contributed by atoms with van der Waals surface area (Å²) in [6.07, 6.45) is 4.57. The van der Waals surface area contributed by atoms with Gasteiger partial charge in [0.2, 0.25) is 5.91 Å². The molecule has 5 heteroatoms. The van der Waals surface area contributed by atoms with E-state index in [1.165, 1.54) is 13.0 Å². The second-order valence-electron chi connectivity index (χ2n) is 6.29. The minimum atomic E-state index is -0.316. The molecule has 0 bridgehead atoms. The third-order valence-electron chi connectivity index (χ3n) is 4.33. The van der Waals surface area contributed by atoms with Crippen LogP contribution in [0.25, 0.3) is 0 Å². The Bertz CT molecular complexity index is 662. The molecule has 2 rings (SSSR count). The number of likely N-dealkylation sites (tertiary alicyclic amines) is 1. The monoisotopic (exact) mass is 328 g/mol. The van der Waals surface area contributed by atoms with Gasteiger partial charge in [-0.2, -0.15) is 0 Å². The van der Waals surface area contributed by atoms with Crippen molar-refractivity contribution in [2.45, 2.75) is 46.1 Å². The minimum absolute atomic E-state index is 0.0230. The molecule has 0 spiro atoms. The van der Waals surface area contributed by atoms with Gasteiger partial charge < -0.3 is 10.2 Å². The third-order valence-corrected chi connectivity index (χ3v) is 4.33. The van der Waals surface area contributed by atoms with Crippen molar-refractivity contribution in [3.8, 4) is 0 Å². The Labute approximate surface area is 142 Å². The van der Waals surface area contributed by atoms with Gasteiger partial charge in [-0.15, -0.1) is 0 Å². The molecule has 24 heavy (non-hydrogen) atoms. The average molecular weight is 328 g/mol. The van der Waals surface area contributed by atoms with Crippen LogP contribution in [0.3, 0.4) is 0 Å². The quantitative estimate of drug-likeness (QED) is 0.682. The standard InChI is InChI=1S/C19H24N2O3/c1-13(12-18(23)21-11-5-4-6-14(21)2)19(24)20-17-9-7-16(8-10-17)15(3)22/h7-10,12,14H,4-6,11H2,1-3H3,(H,20,24)/b13-12-. The van der Waals surface area contributed by atoms with E-state index in [0.717, 1.165) is 25.8 Å². The predicted molar refractivity (Wildman–Crippen MR) is 93.9 cm³/mol. The lowest BCUT2D eigenvalue weighted by atomic mass is 10.0. The first-order chi connectivity index (χ1) is 11.4. The lowest BCUT2D eigenvalue weighted by Crippen LogP contribution is -2.41. The number of hydrogen-bond donors (Lipinski definition) is 1. The summed E-state index contributed by atoms with van der Waals surface area (Å²) >= 11 is 0. The molecule has 5 nitrogen and oxygen atoms in total. The largest absolute Gasteiger partial charge is 0.336 e. The molecule has 1 unspecified atom stereocenters. The van der Waals surface area contributed by atoms with Gasteiger partial charge in [0.15, 0.2) is 5.78 Å². The number of amides is 2. The van der Waals surface area contributed by atoms with Gasteiger partial charge in [-0.05, 0) is 64.3 Å². The van der Waals surface area contributed by atoms with Crippen LogP contribution in [0.15, 0.2) is 35.9 Å². The van der Waals surface area contributed by atoms with Crippen LogP contribution in [0.1, 0.15) is 50.4 Å². The first-order valence-electron chi connectivity index (χ1n) is 8.29. The summed E-state index contributed by atoms with van der Waals surface area (Å²) in [4.78, 5) is 37.6. The molecule has 1 aromatic rings. The fourth-order valence-corrected chi connectivity index (χ4v) is 2.78. The molecular formula is C19H24N2O3. The lowest BCUT2D eigenvalue weighted by molar-refractivity contribution is -0.129. The van der Waals surface area contributed by atoms with E-state index >= 15 is 0 Å². The number of nitrogens with zero attached hydrogens (tertiary/aromatic N) is 1. The molecule has 1 N–H and O–H groups in total. The van der Waals surface area contributed by atoms with E-state index in [1.807, 2.05) is 11.8 Å². The average Bonchev–Trinajstić information content (AvgIpc) is 2.55. The highest BCUT2D eigenvalue weighted by Crippen LogP contribution is 2.17. The van der Waals surface area contributed by atoms with Crippen molar-refractivity contribution in [3.63, 3.8) is 0 Å². The number of benzene rings is 1. The summed E-state index contributed by atoms with van der Waals surface area (Å²) in [5, 5.41) is 2.74. The van der Waals surface area contributed by atoms with Crippen molar-refractivity contribution in [2.24, 2.45) is 0 Å². The third kappa shape index (κ3) is 4.54. The number of carbonyl (C=O) groups is 3. The molecule has 1 atom stereocenters. The zero-order valence-electron chi connectivity index (χ0n) is 14.5. The molecule has 0 aromatic heterocycles. The fraction of sp³-hybridized carbons (Fsp3) is 0.421. The van der Waals surface area contributed by atoms with Crippen LogP contribution >= 0.6 is 0 Å². The van der Waals surface area contributed by atoms with E-state index in [2.05, 4.69) is 5.32 Å². The van der Waals surface area contributed by atoms with Crippen molar-refractivity contribution >= 4 is 23.3 Å². The lowest BCUT2D eigenvalue weighted by Gasteiger charge is -2.32. The molecule has 0 aliphatic carbocycles. The first kappa shape index (κ1) is 17.9. The number of anilines is 1. The highest BCUT2D eigenvalue weighted by molar-refractivity contribution is 6.07. The number of carbonyl (C=O) groups excluding carboxylic acids is 3. The maximum absolute atomic E-state index is 12.3. The molecule has 1 saturated heterocycles. The molecule has 1 fully saturated rings. The molecule has 1 heterocycles. The predicted octanol–water partition coefficient (Wildman–Crippen LogP) is 3.18. The van der Waals surface area contributed by atoms with Crippen LogP contribution in [-0.2, 0) is 9.59 Å². The number of nitrogens with one attached hydrogen (secondary N) is 1. The Hall–Kier alpha value is -2.43. The fourth-order valence-electron chi connectivity index (χ4n) is 2.78. The van der Waals surface area contributed by atoms with Crippen molar-refractivity contribution in [1.82, 2.24) is 4.90 Å². The zero-order valence-corrected chi connectivity index (χ0v) is 14.5. The summed E-state index contributed by atoms with van der Waals surface area (Å²) in [5.41, 5.74) is 1.56. The second kappa shape index (κ2) is 7.90. The molecule has 2 amide bonds. The van der Waals surface area contributed by atoms with Crippen LogP contribution < -0.4 is 5.32 Å². The Morgan fingerprint density at radius 3 is 2.38 bits per heavy atom. The Kier molecular flexibility index (Phi) is 5.90. The first-order valence-corrected chi connectivity index (χ1v) is 8.29. The van der Waals surface area contributed by atoms with Crippen molar-refractivity contribution in [2.75, 3.05) is 11.9 Å². The Morgan fingerprint density at radius 2 is 1.79 bits per heavy atom. The Balaban J connectivity index is 2.00. The molecule has 0 saturated carbocycles. The van der Waals surface area contributed by atoms with Crippen molar-refractivity contribution in [3.05, 3.63) is 41.5 Å². The summed E-state index contributed by atoms with van der Waals surface area (Å²) in [6, 6.07) is 6.90. The number of Topliss-reactive ketones (excluding diaryl/α,β-unsaturated/α-hetero) is 1. The number of ketones is 1. The van der Waals surface area contributed by atoms with Crippen LogP contribution in [0.2, 0.25) is 0 Å². The molecule has 1 aliphatic heterocycles. The smallest absolute Gasteiger partial charge is 0.251 e. The number of piperidine rings is 1. The normalized spacial score (nSPS) is 18.2. The molecule has 1 aliphatic rings. The SMILES string of the molecule is CC(=O)c1ccc(NC(=O)/C(C)=C\C(=O)N2CCCCC2C)cc1. The van der Waals surface area contributed by atoms with E-state index in [9.17, 15) is 14.4 Å². The minimum Gasteiger partial charge on any atom is -0.336 e. The maximum atomic E-state index is 12.3. The highest BCUT2D eigenvalue weighted by atomic mass is 16.2. The number of hydrogen-bond acceptors (Lipinski definition) is 3. The van der Waals surface area contributed by atoms with Crippen LogP contribution in [0, 0.1) is 0 Å². The van der Waals surface area contributed by atoms with Crippen molar-refractivity contribution in [1.29, 1.82) is 0 Å². The van der Waals surface area contributed by atoms with E-state index < -0.39 is 0 Å². The molecule has 1 aromatic carbocycles. The zero-order chi connectivity index (χ0) is 17.7. The second-order valence-corrected chi connectivity index (χ2v) is 6.29. The van der Waals surface area contributed by atoms with Crippen LogP contribution in [0.4, 0.5) is 5.69 Å². The van der Waals surface area contributed by atoms with Gasteiger partial charge in [0.05, 0.1) is 0 Å². The summed E-state index contributed by atoms with van der Waals surface area (Å²) in [6.45, 7) is 5.91. The summed E-state index contributed by atoms with van der Waals surface area (Å²) in [5.74, 6) is -0.449. The van der Waals surface area contributed by atoms with Gasteiger partial charge in [0.1, 0.15) is 0 Å². The van der Waals surface area contributed by atoms with Crippen LogP contribution in [-0.4, -0.2) is 35.1 Å². The summed E-state index contributed by atoms with van der Waals surface area (Å²) in [7, 11) is 0. The van der Waals surface area contributed by atoms with Crippen molar-refractivity contribution < 1.29 is 14.4 Å². The maximum Gasteiger partial charge on any atom is 0.251 e. The van der Waals surface area contributed by atoms with Gasteiger partial charge in [0.25, 0.3) is 5.91 Å². The molecule has 0 radical (unpaired) electrons. The molecule has 128 valence electrons. The van der Waals surface area contributed by atoms with E-state index in [0.29, 0.717) is 16.8 Å². The van der Waals surface area contributed by atoms with Gasteiger partial charge in [-0.3, -0.25) is 14.4 Å². The van der Waals surface area contributed by atoms with E-state index in [4.69, 9.17) is 0 Å². The van der Waals surface area contributed by atoms with Gasteiger partial charge >= 0.3 is 0 Å². The van der Waals surface area contributed by atoms with E-state index in [-0.39, 0.29) is 23.6 Å².